The Labute approximate surface area is 810 Å². The van der Waals surface area contributed by atoms with Crippen molar-refractivity contribution in [3.63, 3.8) is 0 Å². The minimum atomic E-state index is -2.17. The number of nitrogens with two attached hydrogens (primary N) is 6. The summed E-state index contributed by atoms with van der Waals surface area (Å²) in [4.78, 5) is 326. The molecule has 0 aliphatic rings. The predicted molar refractivity (Wildman–Crippen MR) is 499 cm³/mol. The molecule has 140 heavy (non-hydrogen) atoms. The average Bonchev–Trinajstić information content (AvgIpc) is 0.824. The van der Waals surface area contributed by atoms with Gasteiger partial charge in [-0.1, -0.05) is 95.9 Å². The van der Waals surface area contributed by atoms with E-state index in [4.69, 9.17) is 39.8 Å². The number of unbranched alkanes of at least 4 members (excludes halogenated alkanes) is 2. The van der Waals surface area contributed by atoms with Crippen molar-refractivity contribution >= 4 is 148 Å². The number of primary amides is 3. The molecule has 0 unspecified atom stereocenters. The van der Waals surface area contributed by atoms with Crippen LogP contribution in [0, 0.1) is 40.9 Å². The fraction of sp³-hybridized carbons (Fsp3) is 0.709. The van der Waals surface area contributed by atoms with Gasteiger partial charge in [-0.3, -0.25) is 116 Å². The first-order valence-electron chi connectivity index (χ1n) is 46.3. The van der Waals surface area contributed by atoms with Gasteiger partial charge < -0.3 is 156 Å². The maximum Gasteiger partial charge on any atom is 0.326 e. The first kappa shape index (κ1) is 126. The maximum atomic E-state index is 14.7. The van der Waals surface area contributed by atoms with E-state index in [1.165, 1.54) is 69.2 Å². The number of nitrogens with one attached hydrogen (secondary N) is 19. The smallest absolute Gasteiger partial charge is 0.326 e. The van der Waals surface area contributed by atoms with Gasteiger partial charge in [0.15, 0.2) is 5.96 Å². The molecule has 0 bridgehead atoms. The summed E-state index contributed by atoms with van der Waals surface area (Å²) in [6.07, 6.45) is -7.55. The van der Waals surface area contributed by atoms with Gasteiger partial charge in [-0.05, 0) is 133 Å². The monoisotopic (exact) mass is 2000 g/mol. The van der Waals surface area contributed by atoms with Crippen LogP contribution in [0.5, 0.6) is 0 Å². The van der Waals surface area contributed by atoms with Crippen molar-refractivity contribution in [1.29, 1.82) is 5.41 Å². The van der Waals surface area contributed by atoms with Crippen molar-refractivity contribution in [2.45, 2.75) is 328 Å². The fourth-order valence-corrected chi connectivity index (χ4v) is 13.6. The van der Waals surface area contributed by atoms with E-state index in [2.05, 4.69) is 95.7 Å². The number of guanidine groups is 1. The van der Waals surface area contributed by atoms with E-state index in [0.29, 0.717) is 12.8 Å². The van der Waals surface area contributed by atoms with Crippen LogP contribution in [0.25, 0.3) is 0 Å². The first-order valence-corrected chi connectivity index (χ1v) is 46.3. The number of carboxylic acid groups (broad SMARTS) is 4. The fourth-order valence-electron chi connectivity index (χ4n) is 13.6. The minimum Gasteiger partial charge on any atom is -0.481 e. The predicted octanol–water partition coefficient (Wildman–Crippen LogP) is -8.81. The van der Waals surface area contributed by atoms with Gasteiger partial charge in [0.25, 0.3) is 0 Å². The van der Waals surface area contributed by atoms with E-state index in [9.17, 15) is 141 Å². The molecule has 0 spiro atoms. The van der Waals surface area contributed by atoms with Crippen molar-refractivity contribution in [1.82, 2.24) is 95.7 Å². The Morgan fingerprint density at radius 2 is 0.579 bits per heavy atom. The standard InChI is InChI=1S/C86H149N25O29/c1-15-43(11)67(111-78(132)55(36-60(91)116)105-81(135)65(41(7)8)109-82(136)66(42(9)10)108-79(133)57(38-112)96-46(14)113)83(137)101-49(25-28-58(89)114)72(126)97-47(22-17-19-31-87)70(124)99-51(27-30-62(119)120)74(128)110-68(44(12)16-2)84(138)106-56(37-63(121)122)77(131)98-48(24-21-33-94-86(92)93)71(125)103-53(34-39(3)4)75(129)104-54(35-59(90)115)76(130)100-50(26-29-61(117)118)73(127)107-64(40(5)6)80(134)95-45(13)69(123)102-52(85(139)140)23-18-20-32-88/h39-45,47-57,64-68,112H,15-38,87-88H2,1-14H3,(H2,89,114)(H2,90,115)(H2,91,116)(H,95,134)(H,96,113)(H,97,126)(H,98,131)(H,99,124)(H,100,130)(H,101,137)(H,102,123)(H,103,125)(H,104,129)(H,105,135)(H,106,138)(H,107,127)(H,108,133)(H,109,136)(H,110,128)(H,111,132)(H,117,118)(H,119,120)(H,121,122)(H,139,140)(H4,92,93,94)/t43-,44-,45-,47-,48-,49-,50-,51-,52-,53-,54-,55-,56-,57-,64-,65-,66-,67-,68-/m0/s1. The summed E-state index contributed by atoms with van der Waals surface area (Å²) in [7, 11) is 0. The molecule has 0 heterocycles. The van der Waals surface area contributed by atoms with Gasteiger partial charge in [0.2, 0.25) is 118 Å². The number of carbonyl (C=O) groups is 24. The molecule has 792 valence electrons. The van der Waals surface area contributed by atoms with Gasteiger partial charge in [0.1, 0.15) is 103 Å². The Bertz CT molecular complexity index is 4270. The summed E-state index contributed by atoms with van der Waals surface area (Å²) >= 11 is 0. The van der Waals surface area contributed by atoms with Crippen LogP contribution in [0.3, 0.4) is 0 Å². The highest BCUT2D eigenvalue weighted by molar-refractivity contribution is 6.03. The third kappa shape index (κ3) is 49.1. The lowest BCUT2D eigenvalue weighted by molar-refractivity contribution is -0.142. The summed E-state index contributed by atoms with van der Waals surface area (Å²) in [6, 6.07) is -29.1. The van der Waals surface area contributed by atoms with Gasteiger partial charge >= 0.3 is 23.9 Å². The molecule has 0 rings (SSSR count). The van der Waals surface area contributed by atoms with Crippen molar-refractivity contribution in [3.05, 3.63) is 0 Å². The quantitative estimate of drug-likeness (QED) is 0.0153. The Balaban J connectivity index is 7.61. The Hall–Kier alpha value is -13.6. The summed E-state index contributed by atoms with van der Waals surface area (Å²) in [6.45, 7) is 19.8. The van der Waals surface area contributed by atoms with Crippen LogP contribution in [0.15, 0.2) is 0 Å². The van der Waals surface area contributed by atoms with E-state index in [0.717, 1.165) is 6.92 Å². The Morgan fingerprint density at radius 3 is 0.921 bits per heavy atom. The molecular weight excluding hydrogens is 1850 g/mol. The van der Waals surface area contributed by atoms with E-state index in [-0.39, 0.29) is 71.0 Å². The number of hydrogen-bond acceptors (Lipinski definition) is 28. The second-order valence-electron chi connectivity index (χ2n) is 35.5. The summed E-state index contributed by atoms with van der Waals surface area (Å²) in [5.74, 6) is -33.8. The molecule has 54 nitrogen and oxygen atoms in total. The highest BCUT2D eigenvalue weighted by Gasteiger charge is 2.43. The highest BCUT2D eigenvalue weighted by atomic mass is 16.4. The van der Waals surface area contributed by atoms with E-state index in [1.807, 2.05) is 0 Å². The summed E-state index contributed by atoms with van der Waals surface area (Å²) in [5.41, 5.74) is 33.4. The molecule has 0 fully saturated rings. The molecule has 0 aliphatic heterocycles. The number of aliphatic hydroxyl groups is 1. The van der Waals surface area contributed by atoms with E-state index in [1.54, 1.807) is 20.8 Å². The maximum absolute atomic E-state index is 14.7. The molecule has 0 saturated carbocycles. The van der Waals surface area contributed by atoms with Crippen molar-refractivity contribution in [2.24, 2.45) is 69.9 Å². The Morgan fingerprint density at radius 1 is 0.293 bits per heavy atom. The van der Waals surface area contributed by atoms with Gasteiger partial charge in [-0.15, -0.1) is 0 Å². The highest BCUT2D eigenvalue weighted by Crippen LogP contribution is 2.18. The zero-order valence-electron chi connectivity index (χ0n) is 81.7. The lowest BCUT2D eigenvalue weighted by Gasteiger charge is -2.30. The van der Waals surface area contributed by atoms with Crippen LogP contribution in [-0.2, 0) is 115 Å². The normalized spacial score (nSPS) is 15.2. The van der Waals surface area contributed by atoms with Crippen molar-refractivity contribution in [3.8, 4) is 0 Å². The molecule has 0 aliphatic carbocycles. The summed E-state index contributed by atoms with van der Waals surface area (Å²) < 4.78 is 0. The molecule has 0 radical (unpaired) electrons. The zero-order valence-corrected chi connectivity index (χ0v) is 81.7. The SMILES string of the molecule is CC[C@H](C)[C@H](NC(=O)[C@H](CCC(=O)O)NC(=O)[C@H](CCCCN)NC(=O)[C@H](CCC(N)=O)NC(=O)[C@@H](NC(=O)[C@H](CC(N)=O)NC(=O)[C@@H](NC(=O)[C@@H](NC(=O)[C@H](CO)NC(C)=O)C(C)C)C(C)C)[C@@H](C)CC)C(=O)N[C@@H](CC(=O)O)C(=O)N[C@@H](CCCNC(=N)N)C(=O)N[C@@H](CC(C)C)C(=O)N[C@@H](CC(N)=O)C(=O)N[C@@H](CCC(=O)O)C(=O)N[C@H](C(=O)N[C@@H](C)C(=O)N[C@@H](CCCCN)C(=O)O)C(C)C. The van der Waals surface area contributed by atoms with E-state index < -0.39 is 357 Å². The van der Waals surface area contributed by atoms with Gasteiger partial charge in [0, 0.05) is 32.7 Å². The van der Waals surface area contributed by atoms with Crippen LogP contribution in [-0.4, -0.2) is 302 Å². The number of aliphatic carboxylic acids is 4. The molecule has 0 aromatic rings. The second kappa shape index (κ2) is 65.3. The molecule has 0 aromatic heterocycles. The average molecular weight is 2000 g/mol. The molecule has 20 amide bonds. The number of aliphatic hydroxyl groups excluding tert-OH is 1. The lowest BCUT2D eigenvalue weighted by atomic mass is 9.96. The van der Waals surface area contributed by atoms with Crippen LogP contribution >= 0.6 is 0 Å². The van der Waals surface area contributed by atoms with Crippen LogP contribution in [0.4, 0.5) is 0 Å². The molecule has 0 saturated heterocycles. The van der Waals surface area contributed by atoms with Crippen molar-refractivity contribution in [2.75, 3.05) is 26.2 Å². The number of amides is 20. The molecule has 19 atom stereocenters. The summed E-state index contributed by atoms with van der Waals surface area (Å²) in [5, 5.41) is 99.8. The topological polar surface area (TPSA) is 907 Å². The number of rotatable bonds is 71. The van der Waals surface area contributed by atoms with Crippen LogP contribution in [0.2, 0.25) is 0 Å². The molecule has 36 N–H and O–H groups in total. The largest absolute Gasteiger partial charge is 0.481 e. The third-order valence-corrected chi connectivity index (χ3v) is 22.0. The van der Waals surface area contributed by atoms with Crippen molar-refractivity contribution < 1.29 is 141 Å². The van der Waals surface area contributed by atoms with Gasteiger partial charge in [0.05, 0.1) is 25.9 Å². The Kier molecular flexibility index (Phi) is 59.0. The van der Waals surface area contributed by atoms with Crippen LogP contribution < -0.4 is 130 Å². The lowest BCUT2D eigenvalue weighted by Crippen LogP contribution is -2.62. The number of carbonyl (C=O) groups excluding carboxylic acids is 20. The zero-order chi connectivity index (χ0) is 107. The molecule has 54 heteroatoms. The first-order chi connectivity index (χ1) is 65.3. The van der Waals surface area contributed by atoms with Gasteiger partial charge in [-0.25, -0.2) is 4.79 Å². The molecule has 0 aromatic carbocycles. The molecular formula is C86H149N25O29. The van der Waals surface area contributed by atoms with Crippen LogP contribution in [0.1, 0.15) is 225 Å². The van der Waals surface area contributed by atoms with Gasteiger partial charge in [-0.2, -0.15) is 0 Å². The second-order valence-corrected chi connectivity index (χ2v) is 35.5. The number of carboxylic acids is 4. The van der Waals surface area contributed by atoms with E-state index >= 15 is 0 Å². The third-order valence-electron chi connectivity index (χ3n) is 22.0. The minimum absolute atomic E-state index is 0.00445. The number of hydrogen-bond donors (Lipinski definition) is 30.